The van der Waals surface area contributed by atoms with E-state index in [1.165, 1.54) is 19.2 Å². The van der Waals surface area contributed by atoms with Crippen molar-refractivity contribution in [1.82, 2.24) is 19.9 Å². The Hall–Kier alpha value is -4.69. The number of alkyl halides is 3. The highest BCUT2D eigenvalue weighted by Crippen LogP contribution is 2.30. The van der Waals surface area contributed by atoms with Crippen LogP contribution in [0.4, 0.5) is 36.6 Å². The van der Waals surface area contributed by atoms with Gasteiger partial charge in [0.05, 0.1) is 23.0 Å². The highest BCUT2D eigenvalue weighted by molar-refractivity contribution is 5.96. The summed E-state index contributed by atoms with van der Waals surface area (Å²) in [6.45, 7) is 0.493. The molecular weight excluding hydrogens is 527 g/mol. The van der Waals surface area contributed by atoms with Gasteiger partial charge in [-0.15, -0.1) is 13.2 Å². The van der Waals surface area contributed by atoms with Crippen LogP contribution >= 0.6 is 0 Å². The van der Waals surface area contributed by atoms with Crippen molar-refractivity contribution in [3.05, 3.63) is 77.0 Å². The number of imidazole rings is 1. The van der Waals surface area contributed by atoms with E-state index >= 15 is 4.39 Å². The Morgan fingerprint density at radius 3 is 2.42 bits per heavy atom. The fourth-order valence-corrected chi connectivity index (χ4v) is 3.40. The predicted octanol–water partition coefficient (Wildman–Crippen LogP) is 4.74. The molecule has 0 saturated carbocycles. The SMILES string of the molecule is CC(=O)Nc1cn2nc(-c3c(F)c(F)cc(C(=O)NCc4cc(OC(F)(F)F)ccc4F)c3F)ccc2n1. The molecule has 15 heteroatoms. The molecule has 0 atom stereocenters. The third-order valence-electron chi connectivity index (χ3n) is 4.97. The second-order valence-corrected chi connectivity index (χ2v) is 7.72. The Morgan fingerprint density at radius 1 is 1.00 bits per heavy atom. The van der Waals surface area contributed by atoms with E-state index < -0.39 is 76.1 Å². The topological polar surface area (TPSA) is 97.6 Å². The summed E-state index contributed by atoms with van der Waals surface area (Å²) in [7, 11) is 0. The van der Waals surface area contributed by atoms with Gasteiger partial charge in [-0.25, -0.2) is 27.1 Å². The van der Waals surface area contributed by atoms with Crippen molar-refractivity contribution in [2.75, 3.05) is 5.32 Å². The van der Waals surface area contributed by atoms with Gasteiger partial charge in [-0.3, -0.25) is 9.59 Å². The van der Waals surface area contributed by atoms with Crippen LogP contribution in [0, 0.1) is 23.3 Å². The van der Waals surface area contributed by atoms with Crippen molar-refractivity contribution in [2.45, 2.75) is 19.8 Å². The Labute approximate surface area is 208 Å². The second-order valence-electron chi connectivity index (χ2n) is 7.72. The number of carbonyl (C=O) groups excluding carboxylic acids is 2. The maximum absolute atomic E-state index is 15.3. The Balaban J connectivity index is 1.63. The molecule has 0 fully saturated rings. The van der Waals surface area contributed by atoms with Crippen molar-refractivity contribution in [1.29, 1.82) is 0 Å². The summed E-state index contributed by atoms with van der Waals surface area (Å²) < 4.78 is 100. The van der Waals surface area contributed by atoms with Crippen molar-refractivity contribution in [2.24, 2.45) is 0 Å². The third kappa shape index (κ3) is 5.66. The fourth-order valence-electron chi connectivity index (χ4n) is 3.40. The van der Waals surface area contributed by atoms with Crippen molar-refractivity contribution in [3.63, 3.8) is 0 Å². The molecule has 0 spiro atoms. The normalized spacial score (nSPS) is 11.5. The van der Waals surface area contributed by atoms with E-state index in [0.717, 1.165) is 10.6 Å². The summed E-state index contributed by atoms with van der Waals surface area (Å²) in [5.74, 6) is -8.23. The number of benzene rings is 2. The highest BCUT2D eigenvalue weighted by atomic mass is 19.4. The van der Waals surface area contributed by atoms with E-state index in [1.807, 2.05) is 5.32 Å². The number of halogens is 7. The lowest BCUT2D eigenvalue weighted by molar-refractivity contribution is -0.274. The van der Waals surface area contributed by atoms with Crippen LogP contribution in [0.25, 0.3) is 16.9 Å². The summed E-state index contributed by atoms with van der Waals surface area (Å²) in [5, 5.41) is 8.39. The van der Waals surface area contributed by atoms with Gasteiger partial charge in [-0.1, -0.05) is 0 Å². The number of hydrogen-bond donors (Lipinski definition) is 2. The van der Waals surface area contributed by atoms with Gasteiger partial charge in [0.1, 0.15) is 17.4 Å². The van der Waals surface area contributed by atoms with Crippen LogP contribution in [0.15, 0.2) is 42.6 Å². The zero-order valence-corrected chi connectivity index (χ0v) is 19.0. The molecule has 4 rings (SSSR count). The third-order valence-corrected chi connectivity index (χ3v) is 4.97. The van der Waals surface area contributed by atoms with Crippen molar-refractivity contribution in [3.8, 4) is 17.0 Å². The molecule has 2 amide bonds. The average Bonchev–Trinajstić information content (AvgIpc) is 3.21. The minimum Gasteiger partial charge on any atom is -0.406 e. The molecule has 0 aliphatic carbocycles. The van der Waals surface area contributed by atoms with Crippen molar-refractivity contribution >= 4 is 23.3 Å². The molecule has 38 heavy (non-hydrogen) atoms. The largest absolute Gasteiger partial charge is 0.573 e. The number of nitrogens with one attached hydrogen (secondary N) is 2. The number of amides is 2. The number of anilines is 1. The standard InChI is InChI=1S/C23H14F7N5O3/c1-10(36)32-17-9-35-18(33-17)5-4-16(34-35)19-20(26)13(7-15(25)21(19)27)22(37)31-8-11-6-12(2-3-14(11)24)38-23(28,29)30/h2-7,9H,8H2,1H3,(H,31,37)(H,32,36). The molecule has 0 aliphatic heterocycles. The first-order chi connectivity index (χ1) is 17.8. The van der Waals surface area contributed by atoms with E-state index in [1.54, 1.807) is 0 Å². The lowest BCUT2D eigenvalue weighted by Crippen LogP contribution is -2.25. The zero-order valence-electron chi connectivity index (χ0n) is 19.0. The molecule has 2 aromatic carbocycles. The molecule has 8 nitrogen and oxygen atoms in total. The first-order valence-electron chi connectivity index (χ1n) is 10.5. The Bertz CT molecular complexity index is 1570. The molecule has 0 radical (unpaired) electrons. The summed E-state index contributed by atoms with van der Waals surface area (Å²) in [6.07, 6.45) is -3.82. The molecule has 198 valence electrons. The van der Waals surface area contributed by atoms with Gasteiger partial charge in [-0.2, -0.15) is 5.10 Å². The molecule has 0 unspecified atom stereocenters. The maximum Gasteiger partial charge on any atom is 0.573 e. The van der Waals surface area contributed by atoms with Gasteiger partial charge in [-0.05, 0) is 36.4 Å². The number of fused-ring (bicyclic) bond motifs is 1. The molecule has 4 aromatic rings. The molecule has 2 heterocycles. The molecule has 0 bridgehead atoms. The molecule has 0 saturated heterocycles. The van der Waals surface area contributed by atoms with Crippen LogP contribution in [0.2, 0.25) is 0 Å². The summed E-state index contributed by atoms with van der Waals surface area (Å²) >= 11 is 0. The number of nitrogens with zero attached hydrogens (tertiary/aromatic N) is 3. The van der Waals surface area contributed by atoms with Gasteiger partial charge in [0.15, 0.2) is 23.1 Å². The predicted molar refractivity (Wildman–Crippen MR) is 117 cm³/mol. The van der Waals surface area contributed by atoms with Crippen LogP contribution in [-0.2, 0) is 11.3 Å². The van der Waals surface area contributed by atoms with Crippen LogP contribution in [0.3, 0.4) is 0 Å². The fraction of sp³-hybridized carbons (Fsp3) is 0.130. The minimum atomic E-state index is -5.05. The van der Waals surface area contributed by atoms with Gasteiger partial charge >= 0.3 is 6.36 Å². The van der Waals surface area contributed by atoms with E-state index in [9.17, 15) is 35.9 Å². The monoisotopic (exact) mass is 541 g/mol. The molecule has 2 aromatic heterocycles. The number of hydrogen-bond acceptors (Lipinski definition) is 5. The summed E-state index contributed by atoms with van der Waals surface area (Å²) in [4.78, 5) is 27.8. The molecule has 2 N–H and O–H groups in total. The quantitative estimate of drug-likeness (QED) is 0.272. The number of ether oxygens (including phenoxy) is 1. The summed E-state index contributed by atoms with van der Waals surface area (Å²) in [6, 6.07) is 4.68. The van der Waals surface area contributed by atoms with Crippen LogP contribution in [0.5, 0.6) is 5.75 Å². The number of rotatable bonds is 6. The minimum absolute atomic E-state index is 0.0827. The van der Waals surface area contributed by atoms with Crippen LogP contribution in [-0.4, -0.2) is 32.8 Å². The van der Waals surface area contributed by atoms with E-state index in [2.05, 4.69) is 20.1 Å². The summed E-state index contributed by atoms with van der Waals surface area (Å²) in [5.41, 5.74) is -2.69. The van der Waals surface area contributed by atoms with Crippen molar-refractivity contribution < 1.29 is 45.1 Å². The average molecular weight is 541 g/mol. The highest BCUT2D eigenvalue weighted by Gasteiger charge is 2.31. The zero-order chi connectivity index (χ0) is 27.8. The first kappa shape index (κ1) is 26.4. The number of carbonyl (C=O) groups is 2. The van der Waals surface area contributed by atoms with E-state index in [0.29, 0.717) is 18.2 Å². The van der Waals surface area contributed by atoms with Gasteiger partial charge in [0.2, 0.25) is 5.91 Å². The number of aromatic nitrogens is 3. The van der Waals surface area contributed by atoms with Gasteiger partial charge in [0.25, 0.3) is 5.91 Å². The van der Waals surface area contributed by atoms with Crippen LogP contribution in [0.1, 0.15) is 22.8 Å². The lowest BCUT2D eigenvalue weighted by Gasteiger charge is -2.13. The maximum atomic E-state index is 15.3. The van der Waals surface area contributed by atoms with E-state index in [4.69, 9.17) is 0 Å². The second kappa shape index (κ2) is 9.99. The van der Waals surface area contributed by atoms with Gasteiger partial charge in [0, 0.05) is 19.0 Å². The Kier molecular flexibility index (Phi) is 6.93. The van der Waals surface area contributed by atoms with Gasteiger partial charge < -0.3 is 15.4 Å². The Morgan fingerprint density at radius 2 is 1.74 bits per heavy atom. The smallest absolute Gasteiger partial charge is 0.406 e. The molecule has 0 aliphatic rings. The molecular formula is C23H14F7N5O3. The van der Waals surface area contributed by atoms with Crippen LogP contribution < -0.4 is 15.4 Å². The first-order valence-corrected chi connectivity index (χ1v) is 10.5. The van der Waals surface area contributed by atoms with E-state index in [-0.39, 0.29) is 17.5 Å². The lowest BCUT2D eigenvalue weighted by atomic mass is 10.0.